The number of nitrogens with zero attached hydrogens (tertiary/aromatic N) is 2. The van der Waals surface area contributed by atoms with Crippen LogP contribution in [0.1, 0.15) is 34.6 Å². The Balaban J connectivity index is 5.25. The van der Waals surface area contributed by atoms with Crippen LogP contribution in [0.15, 0.2) is 11.0 Å². The lowest BCUT2D eigenvalue weighted by Crippen LogP contribution is -2.37. The Morgan fingerprint density at radius 2 is 1.12 bits per heavy atom. The zero-order valence-corrected chi connectivity index (χ0v) is 13.5. The molecule has 16 heavy (non-hydrogen) atoms. The summed E-state index contributed by atoms with van der Waals surface area (Å²) in [7, 11) is -0.694. The first-order valence-electron chi connectivity index (χ1n) is 6.73. The minimum Gasteiger partial charge on any atom is -0.359 e. The van der Waals surface area contributed by atoms with E-state index in [1.54, 1.807) is 5.20 Å². The largest absolute Gasteiger partial charge is 0.359 e. The van der Waals surface area contributed by atoms with Gasteiger partial charge in [0.25, 0.3) is 0 Å². The molecule has 0 aliphatic rings. The van der Waals surface area contributed by atoms with Crippen molar-refractivity contribution >= 4 is 8.80 Å². The fourth-order valence-electron chi connectivity index (χ4n) is 2.00. The van der Waals surface area contributed by atoms with E-state index in [-0.39, 0.29) is 0 Å². The van der Waals surface area contributed by atoms with Gasteiger partial charge in [-0.1, -0.05) is 13.1 Å². The lowest BCUT2D eigenvalue weighted by molar-refractivity contribution is 0.232. The molecule has 0 unspecified atom stereocenters. The van der Waals surface area contributed by atoms with E-state index in [2.05, 4.69) is 57.5 Å². The maximum absolute atomic E-state index is 2.51. The number of allylic oxidation sites excluding steroid dienone is 1. The molecular weight excluding hydrogens is 212 g/mol. The highest BCUT2D eigenvalue weighted by atomic mass is 28.3. The molecular formula is C13H30N2Si. The van der Waals surface area contributed by atoms with Gasteiger partial charge in [-0.25, -0.2) is 0 Å². The van der Waals surface area contributed by atoms with Crippen LogP contribution in [0.2, 0.25) is 13.1 Å². The number of hydrogen-bond donors (Lipinski definition) is 0. The van der Waals surface area contributed by atoms with E-state index in [9.17, 15) is 0 Å². The van der Waals surface area contributed by atoms with Crippen LogP contribution < -0.4 is 0 Å². The summed E-state index contributed by atoms with van der Waals surface area (Å²) < 4.78 is 0. The van der Waals surface area contributed by atoms with Crippen LogP contribution in [0.25, 0.3) is 0 Å². The molecule has 0 aromatic carbocycles. The molecule has 0 radical (unpaired) electrons. The van der Waals surface area contributed by atoms with Crippen molar-refractivity contribution in [3.8, 4) is 0 Å². The molecule has 0 aromatic rings. The van der Waals surface area contributed by atoms with Crippen LogP contribution >= 0.6 is 0 Å². The molecule has 0 saturated carbocycles. The second kappa shape index (κ2) is 7.77. The Labute approximate surface area is 104 Å². The summed E-state index contributed by atoms with van der Waals surface area (Å²) in [5.74, 6) is 1.51. The Morgan fingerprint density at radius 1 is 0.812 bits per heavy atom. The van der Waals surface area contributed by atoms with Crippen molar-refractivity contribution in [2.75, 3.05) is 26.2 Å². The number of rotatable bonds is 7. The third kappa shape index (κ3) is 3.85. The second-order valence-electron chi connectivity index (χ2n) is 4.51. The van der Waals surface area contributed by atoms with Crippen LogP contribution in [-0.4, -0.2) is 44.8 Å². The van der Waals surface area contributed by atoms with Crippen molar-refractivity contribution < 1.29 is 0 Å². The quantitative estimate of drug-likeness (QED) is 0.633. The first-order valence-corrected chi connectivity index (χ1v) is 9.62. The standard InChI is InChI=1S/C13H30N2Si/c1-8-14(9-2)13(12(5)16(6)7)15(10-3)11-4/h16H,8-11H2,1-7H3. The van der Waals surface area contributed by atoms with Gasteiger partial charge in [0.2, 0.25) is 0 Å². The molecule has 0 fully saturated rings. The van der Waals surface area contributed by atoms with Crippen molar-refractivity contribution in [2.24, 2.45) is 0 Å². The van der Waals surface area contributed by atoms with Gasteiger partial charge in [-0.05, 0) is 39.8 Å². The Morgan fingerprint density at radius 3 is 1.31 bits per heavy atom. The molecule has 0 rings (SSSR count). The second-order valence-corrected chi connectivity index (χ2v) is 7.68. The van der Waals surface area contributed by atoms with Crippen molar-refractivity contribution in [3.05, 3.63) is 11.0 Å². The molecule has 0 heterocycles. The van der Waals surface area contributed by atoms with Crippen molar-refractivity contribution in [1.29, 1.82) is 0 Å². The topological polar surface area (TPSA) is 6.48 Å². The predicted octanol–water partition coefficient (Wildman–Crippen LogP) is 2.93. The molecule has 2 nitrogen and oxygen atoms in total. The van der Waals surface area contributed by atoms with E-state index >= 15 is 0 Å². The van der Waals surface area contributed by atoms with Crippen molar-refractivity contribution in [2.45, 2.75) is 47.7 Å². The lowest BCUT2D eigenvalue weighted by atomic mass is 10.4. The molecule has 0 aromatic heterocycles. The van der Waals surface area contributed by atoms with E-state index in [0.717, 1.165) is 26.2 Å². The third-order valence-electron chi connectivity index (χ3n) is 3.34. The minimum absolute atomic E-state index is 0.694. The number of hydrogen-bond acceptors (Lipinski definition) is 2. The first kappa shape index (κ1) is 15.6. The average Bonchev–Trinajstić information content (AvgIpc) is 2.28. The van der Waals surface area contributed by atoms with Crippen molar-refractivity contribution in [3.63, 3.8) is 0 Å². The lowest BCUT2D eigenvalue weighted by Gasteiger charge is -2.36. The molecule has 0 spiro atoms. The highest BCUT2D eigenvalue weighted by Gasteiger charge is 2.16. The molecule has 0 atom stereocenters. The Bertz CT molecular complexity index is 202. The van der Waals surface area contributed by atoms with E-state index in [1.165, 1.54) is 5.82 Å². The summed E-state index contributed by atoms with van der Waals surface area (Å²) in [5, 5.41) is 1.65. The smallest absolute Gasteiger partial charge is 0.0984 e. The summed E-state index contributed by atoms with van der Waals surface area (Å²) in [6, 6.07) is 0. The van der Waals surface area contributed by atoms with Gasteiger partial charge in [0, 0.05) is 26.2 Å². The molecule has 0 N–H and O–H groups in total. The van der Waals surface area contributed by atoms with E-state index < -0.39 is 8.80 Å². The zero-order valence-electron chi connectivity index (χ0n) is 12.3. The SMILES string of the molecule is CCN(CC)C(=C(C)[SiH](C)C)N(CC)CC. The summed E-state index contributed by atoms with van der Waals surface area (Å²) in [6.07, 6.45) is 0. The van der Waals surface area contributed by atoms with Crippen LogP contribution in [0.3, 0.4) is 0 Å². The monoisotopic (exact) mass is 242 g/mol. The van der Waals surface area contributed by atoms with Gasteiger partial charge < -0.3 is 9.80 Å². The predicted molar refractivity (Wildman–Crippen MR) is 77.4 cm³/mol. The summed E-state index contributed by atoms with van der Waals surface area (Å²) >= 11 is 0. The summed E-state index contributed by atoms with van der Waals surface area (Å²) in [6.45, 7) is 20.6. The van der Waals surface area contributed by atoms with Crippen LogP contribution in [0.5, 0.6) is 0 Å². The van der Waals surface area contributed by atoms with E-state index in [0.29, 0.717) is 0 Å². The average molecular weight is 242 g/mol. The molecule has 0 bridgehead atoms. The first-order chi connectivity index (χ1) is 7.53. The van der Waals surface area contributed by atoms with Crippen LogP contribution in [-0.2, 0) is 0 Å². The van der Waals surface area contributed by atoms with Crippen LogP contribution in [0, 0.1) is 0 Å². The highest BCUT2D eigenvalue weighted by molar-refractivity contribution is 6.63. The maximum Gasteiger partial charge on any atom is 0.0984 e. The molecule has 96 valence electrons. The van der Waals surface area contributed by atoms with Gasteiger partial charge in [0.05, 0.1) is 14.6 Å². The Hall–Kier alpha value is -0.443. The molecule has 0 saturated heterocycles. The minimum atomic E-state index is -0.694. The van der Waals surface area contributed by atoms with E-state index in [4.69, 9.17) is 0 Å². The van der Waals surface area contributed by atoms with Gasteiger partial charge in [-0.15, -0.1) is 0 Å². The van der Waals surface area contributed by atoms with Gasteiger partial charge in [0.15, 0.2) is 0 Å². The molecule has 0 amide bonds. The van der Waals surface area contributed by atoms with Gasteiger partial charge in [0.1, 0.15) is 0 Å². The zero-order chi connectivity index (χ0) is 12.7. The highest BCUT2D eigenvalue weighted by Crippen LogP contribution is 2.17. The molecule has 3 heteroatoms. The maximum atomic E-state index is 2.51. The van der Waals surface area contributed by atoms with E-state index in [1.807, 2.05) is 0 Å². The fraction of sp³-hybridized carbons (Fsp3) is 0.846. The fourth-order valence-corrected chi connectivity index (χ4v) is 2.88. The van der Waals surface area contributed by atoms with Gasteiger partial charge in [-0.2, -0.15) is 0 Å². The van der Waals surface area contributed by atoms with Gasteiger partial charge >= 0.3 is 0 Å². The summed E-state index contributed by atoms with van der Waals surface area (Å²) in [5.41, 5.74) is 0. The Kier molecular flexibility index (Phi) is 7.55. The van der Waals surface area contributed by atoms with Crippen LogP contribution in [0.4, 0.5) is 0 Å². The molecule has 0 aliphatic heterocycles. The summed E-state index contributed by atoms with van der Waals surface area (Å²) in [4.78, 5) is 5.02. The third-order valence-corrected chi connectivity index (χ3v) is 5.33. The normalized spacial score (nSPS) is 10.5. The van der Waals surface area contributed by atoms with Gasteiger partial charge in [-0.3, -0.25) is 0 Å². The molecule has 0 aliphatic carbocycles. The van der Waals surface area contributed by atoms with Crippen molar-refractivity contribution in [1.82, 2.24) is 9.80 Å².